The van der Waals surface area contributed by atoms with Crippen molar-refractivity contribution in [3.05, 3.63) is 108 Å². The second kappa shape index (κ2) is 8.45. The molecule has 27 heavy (non-hydrogen) atoms. The molecule has 0 bridgehead atoms. The first-order valence-electron chi connectivity index (χ1n) is 8.61. The van der Waals surface area contributed by atoms with E-state index >= 15 is 0 Å². The molecule has 0 N–H and O–H groups in total. The molecule has 1 heterocycles. The van der Waals surface area contributed by atoms with Gasteiger partial charge in [-0.3, -0.25) is 4.79 Å². The third-order valence-electron chi connectivity index (χ3n) is 4.23. The zero-order chi connectivity index (χ0) is 19.2. The van der Waals surface area contributed by atoms with Crippen molar-refractivity contribution in [1.29, 1.82) is 0 Å². The summed E-state index contributed by atoms with van der Waals surface area (Å²) in [6.07, 6.45) is 3.52. The van der Waals surface area contributed by atoms with Crippen molar-refractivity contribution in [2.45, 2.75) is 13.1 Å². The van der Waals surface area contributed by atoms with Gasteiger partial charge in [0.2, 0.25) is 0 Å². The van der Waals surface area contributed by atoms with Crippen LogP contribution in [0.2, 0.25) is 0 Å². The van der Waals surface area contributed by atoms with Crippen molar-refractivity contribution in [3.8, 4) is 0 Å². The van der Waals surface area contributed by atoms with Gasteiger partial charge in [-0.25, -0.2) is 8.78 Å². The van der Waals surface area contributed by atoms with Crippen LogP contribution in [0.4, 0.5) is 8.78 Å². The molecule has 1 aromatic heterocycles. The molecule has 0 aliphatic carbocycles. The highest BCUT2D eigenvalue weighted by Crippen LogP contribution is 2.14. The van der Waals surface area contributed by atoms with Crippen molar-refractivity contribution in [2.75, 3.05) is 6.54 Å². The van der Waals surface area contributed by atoms with Gasteiger partial charge in [0.05, 0.1) is 6.54 Å². The topological polar surface area (TPSA) is 25.2 Å². The van der Waals surface area contributed by atoms with Gasteiger partial charge in [0.15, 0.2) is 0 Å². The Morgan fingerprint density at radius 3 is 2.48 bits per heavy atom. The van der Waals surface area contributed by atoms with E-state index in [1.807, 2.05) is 29.0 Å². The summed E-state index contributed by atoms with van der Waals surface area (Å²) in [5.74, 6) is -1.00. The first-order chi connectivity index (χ1) is 13.1. The van der Waals surface area contributed by atoms with E-state index in [1.54, 1.807) is 23.1 Å². The normalized spacial score (nSPS) is 10.6. The second-order valence-electron chi connectivity index (χ2n) is 6.24. The van der Waals surface area contributed by atoms with Crippen LogP contribution in [-0.2, 0) is 13.1 Å². The molecule has 5 heteroatoms. The lowest BCUT2D eigenvalue weighted by molar-refractivity contribution is 0.0759. The minimum absolute atomic E-state index is 0.270. The van der Waals surface area contributed by atoms with Gasteiger partial charge in [0, 0.05) is 30.5 Å². The van der Waals surface area contributed by atoms with E-state index in [-0.39, 0.29) is 11.7 Å². The van der Waals surface area contributed by atoms with Gasteiger partial charge in [0.1, 0.15) is 11.6 Å². The highest BCUT2D eigenvalue weighted by molar-refractivity contribution is 5.94. The fourth-order valence-corrected chi connectivity index (χ4v) is 2.95. The van der Waals surface area contributed by atoms with Crippen LogP contribution in [0.25, 0.3) is 0 Å². The van der Waals surface area contributed by atoms with Gasteiger partial charge in [-0.2, -0.15) is 0 Å². The summed E-state index contributed by atoms with van der Waals surface area (Å²) in [6.45, 7) is 4.87. The SMILES string of the molecule is C=CCN(Cc1cccn1Cc1cccc(F)c1)C(=O)c1cccc(F)c1. The molecule has 0 spiro atoms. The first-order valence-corrected chi connectivity index (χ1v) is 8.61. The minimum atomic E-state index is -0.450. The Morgan fingerprint density at radius 2 is 1.78 bits per heavy atom. The number of benzene rings is 2. The highest BCUT2D eigenvalue weighted by atomic mass is 19.1. The maximum absolute atomic E-state index is 13.5. The lowest BCUT2D eigenvalue weighted by Crippen LogP contribution is -2.31. The summed E-state index contributed by atoms with van der Waals surface area (Å²) < 4.78 is 28.9. The van der Waals surface area contributed by atoms with Crippen molar-refractivity contribution >= 4 is 5.91 Å². The van der Waals surface area contributed by atoms with E-state index in [9.17, 15) is 13.6 Å². The quantitative estimate of drug-likeness (QED) is 0.559. The highest BCUT2D eigenvalue weighted by Gasteiger charge is 2.17. The summed E-state index contributed by atoms with van der Waals surface area (Å²) in [6, 6.07) is 15.9. The Hall–Kier alpha value is -3.21. The summed E-state index contributed by atoms with van der Waals surface area (Å²) >= 11 is 0. The smallest absolute Gasteiger partial charge is 0.254 e. The van der Waals surface area contributed by atoms with Crippen LogP contribution in [0.5, 0.6) is 0 Å². The minimum Gasteiger partial charge on any atom is -0.345 e. The maximum atomic E-state index is 13.5. The molecule has 0 aliphatic heterocycles. The zero-order valence-corrected chi connectivity index (χ0v) is 14.8. The van der Waals surface area contributed by atoms with Gasteiger partial charge < -0.3 is 9.47 Å². The number of carbonyl (C=O) groups excluding carboxylic acids is 1. The molecule has 0 saturated carbocycles. The molecule has 0 unspecified atom stereocenters. The van der Waals surface area contributed by atoms with Gasteiger partial charge >= 0.3 is 0 Å². The van der Waals surface area contributed by atoms with Gasteiger partial charge in [-0.05, 0) is 48.0 Å². The predicted octanol–water partition coefficient (Wildman–Crippen LogP) is 4.64. The van der Waals surface area contributed by atoms with Gasteiger partial charge in [-0.15, -0.1) is 6.58 Å². The summed E-state index contributed by atoms with van der Waals surface area (Å²) in [7, 11) is 0. The molecular formula is C22H20F2N2O. The fraction of sp³-hybridized carbons (Fsp3) is 0.136. The van der Waals surface area contributed by atoms with Crippen LogP contribution in [-0.4, -0.2) is 21.9 Å². The Bertz CT molecular complexity index is 949. The Morgan fingerprint density at radius 1 is 1.04 bits per heavy atom. The molecule has 3 rings (SSSR count). The maximum Gasteiger partial charge on any atom is 0.254 e. The van der Waals surface area contributed by atoms with Crippen LogP contribution >= 0.6 is 0 Å². The molecule has 2 aromatic carbocycles. The van der Waals surface area contributed by atoms with Crippen molar-refractivity contribution in [1.82, 2.24) is 9.47 Å². The number of rotatable bonds is 7. The van der Waals surface area contributed by atoms with Crippen molar-refractivity contribution in [2.24, 2.45) is 0 Å². The van der Waals surface area contributed by atoms with E-state index < -0.39 is 5.82 Å². The molecule has 138 valence electrons. The lowest BCUT2D eigenvalue weighted by Gasteiger charge is -2.22. The zero-order valence-electron chi connectivity index (χ0n) is 14.8. The van der Waals surface area contributed by atoms with Crippen LogP contribution < -0.4 is 0 Å². The second-order valence-corrected chi connectivity index (χ2v) is 6.24. The largest absolute Gasteiger partial charge is 0.345 e. The molecule has 3 nitrogen and oxygen atoms in total. The molecular weight excluding hydrogens is 346 g/mol. The average molecular weight is 366 g/mol. The van der Waals surface area contributed by atoms with E-state index in [2.05, 4.69) is 6.58 Å². The third-order valence-corrected chi connectivity index (χ3v) is 4.23. The number of nitrogens with zero attached hydrogens (tertiary/aromatic N) is 2. The number of amides is 1. The monoisotopic (exact) mass is 366 g/mol. The van der Waals surface area contributed by atoms with Gasteiger partial charge in [-0.1, -0.05) is 24.3 Å². The molecule has 0 atom stereocenters. The fourth-order valence-electron chi connectivity index (χ4n) is 2.95. The molecule has 0 saturated heterocycles. The first kappa shape index (κ1) is 18.6. The summed E-state index contributed by atoms with van der Waals surface area (Å²) in [5.41, 5.74) is 2.02. The Labute approximate surface area is 157 Å². The van der Waals surface area contributed by atoms with Crippen molar-refractivity contribution < 1.29 is 13.6 Å². The van der Waals surface area contributed by atoms with Crippen LogP contribution in [0.1, 0.15) is 21.6 Å². The number of aromatic nitrogens is 1. The molecule has 0 radical (unpaired) electrons. The third kappa shape index (κ3) is 4.70. The number of hydrogen-bond donors (Lipinski definition) is 0. The number of carbonyl (C=O) groups is 1. The average Bonchev–Trinajstić information content (AvgIpc) is 3.07. The molecule has 1 amide bonds. The molecule has 0 aliphatic rings. The lowest BCUT2D eigenvalue weighted by atomic mass is 10.2. The van der Waals surface area contributed by atoms with E-state index in [0.717, 1.165) is 11.3 Å². The van der Waals surface area contributed by atoms with E-state index in [0.29, 0.717) is 25.2 Å². The van der Waals surface area contributed by atoms with Crippen molar-refractivity contribution in [3.63, 3.8) is 0 Å². The number of hydrogen-bond acceptors (Lipinski definition) is 1. The summed E-state index contributed by atoms with van der Waals surface area (Å²) in [5, 5.41) is 0. The Balaban J connectivity index is 1.80. The molecule has 0 fully saturated rings. The van der Waals surface area contributed by atoms with Crippen LogP contribution in [0.15, 0.2) is 79.5 Å². The van der Waals surface area contributed by atoms with Crippen LogP contribution in [0, 0.1) is 11.6 Å². The van der Waals surface area contributed by atoms with E-state index in [1.165, 1.54) is 30.3 Å². The standard InChI is InChI=1S/C22H20F2N2O/c1-2-11-26(22(27)18-7-4-9-20(24)14-18)16-21-10-5-12-25(21)15-17-6-3-8-19(23)13-17/h2-10,12-14H,1,11,15-16H2. The van der Waals surface area contributed by atoms with Gasteiger partial charge in [0.25, 0.3) is 5.91 Å². The Kier molecular flexibility index (Phi) is 5.81. The predicted molar refractivity (Wildman–Crippen MR) is 101 cm³/mol. The van der Waals surface area contributed by atoms with Crippen LogP contribution in [0.3, 0.4) is 0 Å². The summed E-state index contributed by atoms with van der Waals surface area (Å²) in [4.78, 5) is 14.4. The van der Waals surface area contributed by atoms with E-state index in [4.69, 9.17) is 0 Å². The number of halogens is 2. The molecule has 3 aromatic rings.